The molecule has 0 aromatic heterocycles. The van der Waals surface area contributed by atoms with Gasteiger partial charge in [0.25, 0.3) is 0 Å². The van der Waals surface area contributed by atoms with Gasteiger partial charge in [-0.25, -0.2) is 0 Å². The Morgan fingerprint density at radius 1 is 1.06 bits per heavy atom. The van der Waals surface area contributed by atoms with E-state index in [1.165, 1.54) is 0 Å². The lowest BCUT2D eigenvalue weighted by atomic mass is 9.74. The fourth-order valence-corrected chi connectivity index (χ4v) is 1.63. The summed E-state index contributed by atoms with van der Waals surface area (Å²) in [6.07, 6.45) is 0.563. The first kappa shape index (κ1) is 13.8. The fourth-order valence-electron chi connectivity index (χ4n) is 1.31. The summed E-state index contributed by atoms with van der Waals surface area (Å²) < 4.78 is 0. The van der Waals surface area contributed by atoms with Crippen molar-refractivity contribution in [1.29, 1.82) is 0 Å². The van der Waals surface area contributed by atoms with Crippen LogP contribution in [0.1, 0.15) is 33.3 Å². The van der Waals surface area contributed by atoms with E-state index in [-0.39, 0.29) is 5.41 Å². The van der Waals surface area contributed by atoms with E-state index in [0.717, 1.165) is 5.56 Å². The Hall–Kier alpha value is -0.240. The lowest BCUT2D eigenvalue weighted by Gasteiger charge is -2.37. The second kappa shape index (κ2) is 4.56. The highest BCUT2D eigenvalue weighted by Gasteiger charge is 2.35. The van der Waals surface area contributed by atoms with Crippen LogP contribution in [-0.4, -0.2) is 10.7 Å². The maximum atomic E-state index is 10.4. The van der Waals surface area contributed by atoms with Crippen molar-refractivity contribution in [3.63, 3.8) is 0 Å². The smallest absolute Gasteiger partial charge is 0.0707 e. The third-order valence-electron chi connectivity index (χ3n) is 3.15. The molecule has 1 N–H and O–H groups in total. The van der Waals surface area contributed by atoms with Gasteiger partial charge in [-0.3, -0.25) is 0 Å². The molecule has 1 atom stereocenters. The van der Waals surface area contributed by atoms with E-state index in [0.29, 0.717) is 16.5 Å². The van der Waals surface area contributed by atoms with Gasteiger partial charge in [-0.05, 0) is 30.0 Å². The van der Waals surface area contributed by atoms with Crippen molar-refractivity contribution in [3.8, 4) is 0 Å². The highest BCUT2D eigenvalue weighted by atomic mass is 35.5. The molecule has 1 unspecified atom stereocenters. The van der Waals surface area contributed by atoms with Crippen molar-refractivity contribution in [2.24, 2.45) is 5.41 Å². The van der Waals surface area contributed by atoms with E-state index in [4.69, 9.17) is 23.2 Å². The van der Waals surface area contributed by atoms with Crippen LogP contribution in [0.2, 0.25) is 10.0 Å². The lowest BCUT2D eigenvalue weighted by Crippen LogP contribution is -2.41. The highest BCUT2D eigenvalue weighted by molar-refractivity contribution is 6.42. The Morgan fingerprint density at radius 2 is 1.62 bits per heavy atom. The van der Waals surface area contributed by atoms with E-state index in [1.54, 1.807) is 6.07 Å². The molecule has 90 valence electrons. The molecule has 0 bridgehead atoms. The van der Waals surface area contributed by atoms with Crippen LogP contribution in [0.3, 0.4) is 0 Å². The van der Waals surface area contributed by atoms with Crippen LogP contribution in [0.15, 0.2) is 18.2 Å². The summed E-state index contributed by atoms with van der Waals surface area (Å²) in [5.74, 6) is 0. The molecule has 0 aliphatic heterocycles. The number of hydrogen-bond acceptors (Lipinski definition) is 1. The fraction of sp³-hybridized carbons (Fsp3) is 0.538. The molecule has 3 heteroatoms. The summed E-state index contributed by atoms with van der Waals surface area (Å²) in [5.41, 5.74) is 0.0397. The Bertz CT molecular complexity index is 378. The summed E-state index contributed by atoms with van der Waals surface area (Å²) in [4.78, 5) is 0. The van der Waals surface area contributed by atoms with Gasteiger partial charge in [0.15, 0.2) is 0 Å². The molecule has 0 amide bonds. The van der Waals surface area contributed by atoms with E-state index in [1.807, 2.05) is 39.8 Å². The molecule has 16 heavy (non-hydrogen) atoms. The van der Waals surface area contributed by atoms with Crippen LogP contribution in [-0.2, 0) is 6.42 Å². The normalized spacial score (nSPS) is 15.9. The number of hydrogen-bond donors (Lipinski definition) is 1. The van der Waals surface area contributed by atoms with Crippen LogP contribution >= 0.6 is 23.2 Å². The SMILES string of the molecule is CC(C)(C)C(C)(O)Cc1ccc(Cl)c(Cl)c1. The van der Waals surface area contributed by atoms with Gasteiger partial charge in [0.1, 0.15) is 0 Å². The summed E-state index contributed by atoms with van der Waals surface area (Å²) >= 11 is 11.8. The first-order chi connectivity index (χ1) is 7.13. The molecular weight excluding hydrogens is 243 g/mol. The van der Waals surface area contributed by atoms with Gasteiger partial charge >= 0.3 is 0 Å². The van der Waals surface area contributed by atoms with E-state index in [9.17, 15) is 5.11 Å². The predicted molar refractivity (Wildman–Crippen MR) is 70.2 cm³/mol. The van der Waals surface area contributed by atoms with Crippen molar-refractivity contribution in [2.45, 2.75) is 39.7 Å². The first-order valence-electron chi connectivity index (χ1n) is 5.30. The van der Waals surface area contributed by atoms with Crippen molar-refractivity contribution < 1.29 is 5.11 Å². The van der Waals surface area contributed by atoms with Gasteiger partial charge in [-0.2, -0.15) is 0 Å². The standard InChI is InChI=1S/C13H18Cl2O/c1-12(2,3)13(4,16)8-9-5-6-10(14)11(15)7-9/h5-7,16H,8H2,1-4H3. The van der Waals surface area contributed by atoms with E-state index >= 15 is 0 Å². The van der Waals surface area contributed by atoms with Crippen LogP contribution in [0.5, 0.6) is 0 Å². The summed E-state index contributed by atoms with van der Waals surface area (Å²) in [6.45, 7) is 7.90. The van der Waals surface area contributed by atoms with Crippen molar-refractivity contribution >= 4 is 23.2 Å². The molecule has 0 fully saturated rings. The van der Waals surface area contributed by atoms with Gasteiger partial charge in [0.05, 0.1) is 15.6 Å². The minimum Gasteiger partial charge on any atom is -0.389 e. The number of halogens is 2. The van der Waals surface area contributed by atoms with Crippen molar-refractivity contribution in [3.05, 3.63) is 33.8 Å². The minimum absolute atomic E-state index is 0.181. The maximum Gasteiger partial charge on any atom is 0.0707 e. The van der Waals surface area contributed by atoms with Crippen molar-refractivity contribution in [2.75, 3.05) is 0 Å². The number of benzene rings is 1. The third-order valence-corrected chi connectivity index (χ3v) is 3.89. The Labute approximate surface area is 107 Å². The average molecular weight is 261 g/mol. The molecule has 0 aliphatic carbocycles. The molecule has 1 rings (SSSR count). The second-order valence-corrected chi connectivity index (χ2v) is 6.26. The minimum atomic E-state index is -0.774. The lowest BCUT2D eigenvalue weighted by molar-refractivity contribution is -0.0405. The maximum absolute atomic E-state index is 10.4. The predicted octanol–water partition coefficient (Wildman–Crippen LogP) is 4.33. The van der Waals surface area contributed by atoms with Crippen LogP contribution in [0.4, 0.5) is 0 Å². The van der Waals surface area contributed by atoms with Gasteiger partial charge in [-0.1, -0.05) is 50.0 Å². The zero-order valence-electron chi connectivity index (χ0n) is 10.1. The zero-order valence-corrected chi connectivity index (χ0v) is 11.7. The molecule has 0 aliphatic rings. The third kappa shape index (κ3) is 3.13. The molecule has 0 saturated heterocycles. The first-order valence-corrected chi connectivity index (χ1v) is 6.05. The number of rotatable bonds is 2. The van der Waals surface area contributed by atoms with Gasteiger partial charge in [0, 0.05) is 6.42 Å². The molecule has 1 aromatic carbocycles. The van der Waals surface area contributed by atoms with Crippen LogP contribution in [0, 0.1) is 5.41 Å². The summed E-state index contributed by atoms with van der Waals surface area (Å²) in [6, 6.07) is 5.47. The van der Waals surface area contributed by atoms with E-state index < -0.39 is 5.60 Å². The second-order valence-electron chi connectivity index (χ2n) is 5.45. The Balaban J connectivity index is 2.93. The Kier molecular flexibility index (Phi) is 3.94. The average Bonchev–Trinajstić information content (AvgIpc) is 2.09. The largest absolute Gasteiger partial charge is 0.389 e. The van der Waals surface area contributed by atoms with Gasteiger partial charge in [-0.15, -0.1) is 0 Å². The molecular formula is C13H18Cl2O. The topological polar surface area (TPSA) is 20.2 Å². The van der Waals surface area contributed by atoms with Crippen molar-refractivity contribution in [1.82, 2.24) is 0 Å². The van der Waals surface area contributed by atoms with Gasteiger partial charge < -0.3 is 5.11 Å². The van der Waals surface area contributed by atoms with Crippen LogP contribution in [0.25, 0.3) is 0 Å². The summed E-state index contributed by atoms with van der Waals surface area (Å²) in [5, 5.41) is 11.5. The highest BCUT2D eigenvalue weighted by Crippen LogP contribution is 2.34. The quantitative estimate of drug-likeness (QED) is 0.839. The van der Waals surface area contributed by atoms with Crippen LogP contribution < -0.4 is 0 Å². The van der Waals surface area contributed by atoms with Gasteiger partial charge in [0.2, 0.25) is 0 Å². The monoisotopic (exact) mass is 260 g/mol. The molecule has 0 saturated carbocycles. The molecule has 0 radical (unpaired) electrons. The number of aliphatic hydroxyl groups is 1. The molecule has 1 nitrogen and oxygen atoms in total. The molecule has 0 heterocycles. The Morgan fingerprint density at radius 3 is 2.06 bits per heavy atom. The van der Waals surface area contributed by atoms with E-state index in [2.05, 4.69) is 0 Å². The molecule has 1 aromatic rings. The summed E-state index contributed by atoms with van der Waals surface area (Å²) in [7, 11) is 0. The molecule has 0 spiro atoms. The zero-order chi connectivity index (χ0) is 12.6.